The maximum atomic E-state index is 6.00. The lowest BCUT2D eigenvalue weighted by Gasteiger charge is -2.37. The van der Waals surface area contributed by atoms with Crippen LogP contribution in [0.3, 0.4) is 0 Å². The van der Waals surface area contributed by atoms with Crippen LogP contribution in [0.4, 0.5) is 0 Å². The predicted octanol–water partition coefficient (Wildman–Crippen LogP) is 3.92. The molecule has 1 atom stereocenters. The third kappa shape index (κ3) is 3.35. The molecule has 1 saturated carbocycles. The Balaban J connectivity index is 1.74. The van der Waals surface area contributed by atoms with Crippen molar-refractivity contribution in [2.24, 2.45) is 17.6 Å². The van der Waals surface area contributed by atoms with E-state index in [0.717, 1.165) is 25.6 Å². The molecule has 2 aliphatic rings. The number of fused-ring (bicyclic) bond motifs is 2. The van der Waals surface area contributed by atoms with Gasteiger partial charge >= 0.3 is 0 Å². The third-order valence-corrected chi connectivity index (χ3v) is 5.56. The Morgan fingerprint density at radius 3 is 2.71 bits per heavy atom. The summed E-state index contributed by atoms with van der Waals surface area (Å²) in [7, 11) is 0. The first-order valence-corrected chi connectivity index (χ1v) is 9.03. The highest BCUT2D eigenvalue weighted by atomic mass is 79.9. The lowest BCUT2D eigenvalue weighted by Crippen LogP contribution is -2.42. The number of nitrogens with zero attached hydrogens (tertiary/aromatic N) is 1. The van der Waals surface area contributed by atoms with Crippen LogP contribution in [0.15, 0.2) is 22.7 Å². The molecule has 1 aromatic carbocycles. The molecule has 3 heteroatoms. The summed E-state index contributed by atoms with van der Waals surface area (Å²) >= 11 is 3.63. The highest BCUT2D eigenvalue weighted by Gasteiger charge is 2.49. The van der Waals surface area contributed by atoms with Crippen LogP contribution in [0, 0.1) is 11.8 Å². The molecule has 116 valence electrons. The molecule has 3 rings (SSSR count). The fraction of sp³-hybridized carbons (Fsp3) is 0.667. The summed E-state index contributed by atoms with van der Waals surface area (Å²) in [4.78, 5) is 2.66. The molecule has 0 amide bonds. The molecule has 2 nitrogen and oxygen atoms in total. The SMILES string of the molecule is CC(C)CC(CN)CN1Cc2ccc(Br)cc2C2(CC2)C1. The average Bonchev–Trinajstić information content (AvgIpc) is 3.19. The largest absolute Gasteiger partial charge is 0.330 e. The minimum absolute atomic E-state index is 0.453. The normalized spacial score (nSPS) is 21.6. The Morgan fingerprint density at radius 1 is 1.33 bits per heavy atom. The maximum Gasteiger partial charge on any atom is 0.0237 e. The van der Waals surface area contributed by atoms with Crippen molar-refractivity contribution in [1.82, 2.24) is 4.90 Å². The first kappa shape index (κ1) is 15.5. The van der Waals surface area contributed by atoms with Gasteiger partial charge in [-0.25, -0.2) is 0 Å². The van der Waals surface area contributed by atoms with Crippen molar-refractivity contribution >= 4 is 15.9 Å². The smallest absolute Gasteiger partial charge is 0.0237 e. The number of halogens is 1. The van der Waals surface area contributed by atoms with Crippen LogP contribution in [-0.2, 0) is 12.0 Å². The van der Waals surface area contributed by atoms with E-state index in [9.17, 15) is 0 Å². The Labute approximate surface area is 137 Å². The topological polar surface area (TPSA) is 29.3 Å². The van der Waals surface area contributed by atoms with Crippen LogP contribution in [0.1, 0.15) is 44.2 Å². The van der Waals surface area contributed by atoms with Gasteiger partial charge in [-0.05, 0) is 60.9 Å². The van der Waals surface area contributed by atoms with Crippen LogP contribution < -0.4 is 5.73 Å². The first-order chi connectivity index (χ1) is 10.0. The van der Waals surface area contributed by atoms with E-state index in [1.54, 1.807) is 5.56 Å². The Bertz CT molecular complexity index is 508. The fourth-order valence-corrected chi connectivity index (χ4v) is 4.34. The number of nitrogens with two attached hydrogens (primary N) is 1. The average molecular weight is 351 g/mol. The van der Waals surface area contributed by atoms with Crippen LogP contribution in [0.2, 0.25) is 0 Å². The second kappa shape index (κ2) is 6.02. The first-order valence-electron chi connectivity index (χ1n) is 8.24. The molecular weight excluding hydrogens is 324 g/mol. The fourth-order valence-electron chi connectivity index (χ4n) is 3.97. The van der Waals surface area contributed by atoms with Gasteiger partial charge in [0.25, 0.3) is 0 Å². The molecular formula is C18H27BrN2. The number of hydrogen-bond acceptors (Lipinski definition) is 2. The van der Waals surface area contributed by atoms with E-state index in [0.29, 0.717) is 11.3 Å². The second-order valence-corrected chi connectivity index (χ2v) is 8.40. The van der Waals surface area contributed by atoms with Crippen molar-refractivity contribution in [1.29, 1.82) is 0 Å². The summed E-state index contributed by atoms with van der Waals surface area (Å²) in [5.41, 5.74) is 9.58. The van der Waals surface area contributed by atoms with Gasteiger partial charge in [0, 0.05) is 29.5 Å². The molecule has 1 spiro atoms. The highest BCUT2D eigenvalue weighted by molar-refractivity contribution is 9.10. The van der Waals surface area contributed by atoms with Crippen LogP contribution in [0.25, 0.3) is 0 Å². The van der Waals surface area contributed by atoms with Gasteiger partial charge in [-0.15, -0.1) is 0 Å². The second-order valence-electron chi connectivity index (χ2n) is 7.48. The van der Waals surface area contributed by atoms with Crippen molar-refractivity contribution in [3.63, 3.8) is 0 Å². The van der Waals surface area contributed by atoms with Crippen molar-refractivity contribution in [2.45, 2.75) is 45.1 Å². The summed E-state index contributed by atoms with van der Waals surface area (Å²) in [5, 5.41) is 0. The lowest BCUT2D eigenvalue weighted by molar-refractivity contribution is 0.179. The van der Waals surface area contributed by atoms with E-state index < -0.39 is 0 Å². The molecule has 0 saturated heterocycles. The van der Waals surface area contributed by atoms with Gasteiger partial charge in [-0.3, -0.25) is 4.90 Å². The van der Waals surface area contributed by atoms with Gasteiger partial charge in [-0.1, -0.05) is 35.8 Å². The van der Waals surface area contributed by atoms with E-state index in [4.69, 9.17) is 5.73 Å². The Morgan fingerprint density at radius 2 is 2.10 bits per heavy atom. The van der Waals surface area contributed by atoms with E-state index in [1.807, 2.05) is 0 Å². The third-order valence-electron chi connectivity index (χ3n) is 5.07. The van der Waals surface area contributed by atoms with Crippen molar-refractivity contribution < 1.29 is 0 Å². The standard InChI is InChI=1S/C18H27BrN2/c1-13(2)7-14(9-20)10-21-11-15-3-4-16(19)8-17(15)18(12-21)5-6-18/h3-4,8,13-14H,5-7,9-12,20H2,1-2H3. The van der Waals surface area contributed by atoms with Gasteiger partial charge in [0.1, 0.15) is 0 Å². The zero-order valence-corrected chi connectivity index (χ0v) is 14.8. The zero-order chi connectivity index (χ0) is 15.0. The molecule has 21 heavy (non-hydrogen) atoms. The number of hydrogen-bond donors (Lipinski definition) is 1. The minimum Gasteiger partial charge on any atom is -0.330 e. The zero-order valence-electron chi connectivity index (χ0n) is 13.2. The molecule has 1 fully saturated rings. The number of rotatable bonds is 5. The Hall–Kier alpha value is -0.380. The van der Waals surface area contributed by atoms with Gasteiger partial charge in [0.2, 0.25) is 0 Å². The van der Waals surface area contributed by atoms with Crippen LogP contribution in [0.5, 0.6) is 0 Å². The highest BCUT2D eigenvalue weighted by Crippen LogP contribution is 2.52. The van der Waals surface area contributed by atoms with Gasteiger partial charge in [-0.2, -0.15) is 0 Å². The van der Waals surface area contributed by atoms with Gasteiger partial charge in [0.15, 0.2) is 0 Å². The molecule has 1 aliphatic heterocycles. The van der Waals surface area contributed by atoms with Gasteiger partial charge in [0.05, 0.1) is 0 Å². The molecule has 1 unspecified atom stereocenters. The molecule has 0 radical (unpaired) electrons. The van der Waals surface area contributed by atoms with Gasteiger partial charge < -0.3 is 5.73 Å². The van der Waals surface area contributed by atoms with Crippen molar-refractivity contribution in [2.75, 3.05) is 19.6 Å². The molecule has 0 aromatic heterocycles. The summed E-state index contributed by atoms with van der Waals surface area (Å²) in [5.74, 6) is 1.37. The van der Waals surface area contributed by atoms with Crippen molar-refractivity contribution in [3.05, 3.63) is 33.8 Å². The van der Waals surface area contributed by atoms with Crippen molar-refractivity contribution in [3.8, 4) is 0 Å². The van der Waals surface area contributed by atoms with Crippen LogP contribution in [-0.4, -0.2) is 24.5 Å². The quantitative estimate of drug-likeness (QED) is 0.871. The van der Waals surface area contributed by atoms with E-state index in [-0.39, 0.29) is 0 Å². The molecule has 1 heterocycles. The molecule has 2 N–H and O–H groups in total. The summed E-state index contributed by atoms with van der Waals surface area (Å²) < 4.78 is 1.22. The van der Waals surface area contributed by atoms with E-state index in [2.05, 4.69) is 52.9 Å². The van der Waals surface area contributed by atoms with E-state index in [1.165, 1.54) is 35.8 Å². The van der Waals surface area contributed by atoms with E-state index >= 15 is 0 Å². The number of benzene rings is 1. The molecule has 1 aromatic rings. The van der Waals surface area contributed by atoms with Crippen LogP contribution >= 0.6 is 15.9 Å². The minimum atomic E-state index is 0.453. The Kier molecular flexibility index (Phi) is 4.45. The maximum absolute atomic E-state index is 6.00. The summed E-state index contributed by atoms with van der Waals surface area (Å²) in [6.45, 7) is 8.90. The monoisotopic (exact) mass is 350 g/mol. The lowest BCUT2D eigenvalue weighted by atomic mass is 9.86. The predicted molar refractivity (Wildman–Crippen MR) is 92.3 cm³/mol. The molecule has 0 bridgehead atoms. The summed E-state index contributed by atoms with van der Waals surface area (Å²) in [6, 6.07) is 6.85. The molecule has 1 aliphatic carbocycles. The summed E-state index contributed by atoms with van der Waals surface area (Å²) in [6.07, 6.45) is 3.95.